The number of nitrogens with one attached hydrogen (secondary N) is 2. The molecule has 3 heterocycles. The van der Waals surface area contributed by atoms with Gasteiger partial charge in [0.15, 0.2) is 0 Å². The molecule has 1 aromatic carbocycles. The lowest BCUT2D eigenvalue weighted by atomic mass is 10.1. The minimum Gasteiger partial charge on any atom is -0.355 e. The van der Waals surface area contributed by atoms with Gasteiger partial charge >= 0.3 is 0 Å². The molecule has 0 spiro atoms. The van der Waals surface area contributed by atoms with Gasteiger partial charge in [0.2, 0.25) is 5.91 Å². The standard InChI is InChI=1S/C20H21N5O2/c1-11(2)19-23-15-9-13(20(27)21-3)4-6-16(15)25(19)14-8-12-5-7-17(26)24-18(12)22-10-14/h4,6,8-11H,5,7H2,1-3H3,(H,21,27)(H,22,24,26). The number of imidazole rings is 1. The zero-order chi connectivity index (χ0) is 19.1. The summed E-state index contributed by atoms with van der Waals surface area (Å²) in [5.41, 5.74) is 4.20. The normalized spacial score (nSPS) is 13.6. The molecule has 0 unspecified atom stereocenters. The van der Waals surface area contributed by atoms with Crippen LogP contribution in [0.15, 0.2) is 30.5 Å². The number of amides is 2. The number of hydrogen-bond donors (Lipinski definition) is 2. The van der Waals surface area contributed by atoms with E-state index in [-0.39, 0.29) is 17.7 Å². The van der Waals surface area contributed by atoms with Crippen LogP contribution in [-0.4, -0.2) is 33.4 Å². The summed E-state index contributed by atoms with van der Waals surface area (Å²) in [5.74, 6) is 1.59. The van der Waals surface area contributed by atoms with E-state index in [4.69, 9.17) is 4.98 Å². The molecule has 7 heteroatoms. The van der Waals surface area contributed by atoms with Crippen molar-refractivity contribution in [2.24, 2.45) is 0 Å². The first kappa shape index (κ1) is 17.2. The van der Waals surface area contributed by atoms with Gasteiger partial charge in [0.1, 0.15) is 11.6 Å². The molecule has 0 saturated carbocycles. The van der Waals surface area contributed by atoms with Crippen molar-refractivity contribution < 1.29 is 9.59 Å². The van der Waals surface area contributed by atoms with Gasteiger partial charge in [-0.2, -0.15) is 0 Å². The van der Waals surface area contributed by atoms with Crippen LogP contribution in [0.3, 0.4) is 0 Å². The second-order valence-corrected chi connectivity index (χ2v) is 6.99. The van der Waals surface area contributed by atoms with Gasteiger partial charge in [-0.3, -0.25) is 14.2 Å². The third kappa shape index (κ3) is 2.95. The highest BCUT2D eigenvalue weighted by atomic mass is 16.2. The van der Waals surface area contributed by atoms with E-state index in [9.17, 15) is 9.59 Å². The zero-order valence-electron chi connectivity index (χ0n) is 15.5. The van der Waals surface area contributed by atoms with Gasteiger partial charge < -0.3 is 10.6 Å². The van der Waals surface area contributed by atoms with Crippen molar-refractivity contribution in [3.8, 4) is 5.69 Å². The first-order chi connectivity index (χ1) is 13.0. The summed E-state index contributed by atoms with van der Waals surface area (Å²) in [5, 5.41) is 5.46. The summed E-state index contributed by atoms with van der Waals surface area (Å²) < 4.78 is 2.08. The molecule has 2 N–H and O–H groups in total. The maximum Gasteiger partial charge on any atom is 0.251 e. The van der Waals surface area contributed by atoms with E-state index in [2.05, 4.69) is 40.1 Å². The van der Waals surface area contributed by atoms with Crippen molar-refractivity contribution in [3.05, 3.63) is 47.4 Å². The van der Waals surface area contributed by atoms with Gasteiger partial charge in [0.25, 0.3) is 5.91 Å². The number of pyridine rings is 1. The number of carbonyl (C=O) groups is 2. The van der Waals surface area contributed by atoms with Crippen molar-refractivity contribution in [2.75, 3.05) is 12.4 Å². The molecule has 0 aliphatic carbocycles. The largest absolute Gasteiger partial charge is 0.355 e. The number of hydrogen-bond acceptors (Lipinski definition) is 4. The molecule has 3 aromatic rings. The van der Waals surface area contributed by atoms with E-state index in [1.54, 1.807) is 19.3 Å². The molecule has 0 saturated heterocycles. The van der Waals surface area contributed by atoms with E-state index in [0.29, 0.717) is 24.2 Å². The smallest absolute Gasteiger partial charge is 0.251 e. The van der Waals surface area contributed by atoms with Crippen LogP contribution in [0, 0.1) is 0 Å². The van der Waals surface area contributed by atoms with E-state index in [1.165, 1.54) is 0 Å². The average molecular weight is 363 g/mol. The third-order valence-electron chi connectivity index (χ3n) is 4.78. The van der Waals surface area contributed by atoms with Crippen LogP contribution < -0.4 is 10.6 Å². The van der Waals surface area contributed by atoms with E-state index >= 15 is 0 Å². The number of benzene rings is 1. The minimum absolute atomic E-state index is 0.000398. The number of carbonyl (C=O) groups excluding carboxylic acids is 2. The number of fused-ring (bicyclic) bond motifs is 2. The second-order valence-electron chi connectivity index (χ2n) is 6.99. The molecular weight excluding hydrogens is 342 g/mol. The van der Waals surface area contributed by atoms with Gasteiger partial charge in [-0.05, 0) is 36.2 Å². The third-order valence-corrected chi connectivity index (χ3v) is 4.78. The number of aromatic nitrogens is 3. The Hall–Kier alpha value is -3.22. The molecule has 0 fully saturated rings. The second kappa shape index (κ2) is 6.50. The van der Waals surface area contributed by atoms with E-state index in [0.717, 1.165) is 28.1 Å². The SMILES string of the molecule is CNC(=O)c1ccc2c(c1)nc(C(C)C)n2-c1cnc2c(c1)CCC(=O)N2. The fourth-order valence-corrected chi connectivity index (χ4v) is 3.41. The Balaban J connectivity index is 1.88. The summed E-state index contributed by atoms with van der Waals surface area (Å²) in [6.07, 6.45) is 2.89. The van der Waals surface area contributed by atoms with Crippen LogP contribution >= 0.6 is 0 Å². The predicted octanol–water partition coefficient (Wildman–Crippen LogP) is 2.79. The molecule has 0 atom stereocenters. The number of anilines is 1. The van der Waals surface area contributed by atoms with Crippen LogP contribution in [-0.2, 0) is 11.2 Å². The lowest BCUT2D eigenvalue weighted by molar-refractivity contribution is -0.116. The Bertz CT molecular complexity index is 1070. The Morgan fingerprint density at radius 1 is 1.26 bits per heavy atom. The number of nitrogens with zero attached hydrogens (tertiary/aromatic N) is 3. The van der Waals surface area contributed by atoms with Crippen molar-refractivity contribution in [1.82, 2.24) is 19.9 Å². The van der Waals surface area contributed by atoms with Crippen LogP contribution in [0.2, 0.25) is 0 Å². The van der Waals surface area contributed by atoms with Crippen LogP contribution in [0.4, 0.5) is 5.82 Å². The fraction of sp³-hybridized carbons (Fsp3) is 0.300. The molecule has 1 aliphatic heterocycles. The Labute approximate surface area is 156 Å². The predicted molar refractivity (Wildman–Crippen MR) is 103 cm³/mol. The van der Waals surface area contributed by atoms with Crippen LogP contribution in [0.1, 0.15) is 47.9 Å². The average Bonchev–Trinajstić information content (AvgIpc) is 3.06. The molecule has 1 aliphatic rings. The summed E-state index contributed by atoms with van der Waals surface area (Å²) in [4.78, 5) is 32.7. The summed E-state index contributed by atoms with van der Waals surface area (Å²) in [7, 11) is 1.61. The lowest BCUT2D eigenvalue weighted by Gasteiger charge is -2.18. The molecule has 7 nitrogen and oxygen atoms in total. The molecule has 0 bridgehead atoms. The fourth-order valence-electron chi connectivity index (χ4n) is 3.41. The first-order valence-electron chi connectivity index (χ1n) is 9.01. The Morgan fingerprint density at radius 2 is 2.07 bits per heavy atom. The summed E-state index contributed by atoms with van der Waals surface area (Å²) in [6.45, 7) is 4.17. The first-order valence-corrected chi connectivity index (χ1v) is 9.01. The summed E-state index contributed by atoms with van der Waals surface area (Å²) >= 11 is 0. The van der Waals surface area contributed by atoms with Crippen molar-refractivity contribution >= 4 is 28.7 Å². The number of aryl methyl sites for hydroxylation is 1. The summed E-state index contributed by atoms with van der Waals surface area (Å²) in [6, 6.07) is 7.58. The molecular formula is C20H21N5O2. The Kier molecular flexibility index (Phi) is 4.14. The maximum absolute atomic E-state index is 11.9. The van der Waals surface area contributed by atoms with E-state index in [1.807, 2.05) is 12.1 Å². The number of rotatable bonds is 3. The van der Waals surface area contributed by atoms with Crippen molar-refractivity contribution in [2.45, 2.75) is 32.6 Å². The quantitative estimate of drug-likeness (QED) is 0.749. The highest BCUT2D eigenvalue weighted by Gasteiger charge is 2.20. The highest BCUT2D eigenvalue weighted by molar-refractivity contribution is 5.97. The highest BCUT2D eigenvalue weighted by Crippen LogP contribution is 2.29. The minimum atomic E-state index is -0.135. The van der Waals surface area contributed by atoms with Gasteiger partial charge in [-0.15, -0.1) is 0 Å². The maximum atomic E-state index is 11.9. The topological polar surface area (TPSA) is 88.9 Å². The molecule has 0 radical (unpaired) electrons. The van der Waals surface area contributed by atoms with Gasteiger partial charge in [-0.1, -0.05) is 13.8 Å². The Morgan fingerprint density at radius 3 is 2.81 bits per heavy atom. The van der Waals surface area contributed by atoms with Gasteiger partial charge in [0.05, 0.1) is 22.9 Å². The monoisotopic (exact) mass is 363 g/mol. The van der Waals surface area contributed by atoms with Gasteiger partial charge in [-0.25, -0.2) is 9.97 Å². The van der Waals surface area contributed by atoms with Crippen LogP contribution in [0.5, 0.6) is 0 Å². The van der Waals surface area contributed by atoms with Gasteiger partial charge in [0, 0.05) is 24.9 Å². The lowest BCUT2D eigenvalue weighted by Crippen LogP contribution is -2.20. The molecule has 2 amide bonds. The van der Waals surface area contributed by atoms with Crippen molar-refractivity contribution in [3.63, 3.8) is 0 Å². The van der Waals surface area contributed by atoms with E-state index < -0.39 is 0 Å². The molecule has 27 heavy (non-hydrogen) atoms. The molecule has 4 rings (SSSR count). The van der Waals surface area contributed by atoms with Crippen LogP contribution in [0.25, 0.3) is 16.7 Å². The zero-order valence-corrected chi connectivity index (χ0v) is 15.5. The molecule has 138 valence electrons. The molecule has 2 aromatic heterocycles. The van der Waals surface area contributed by atoms with Crippen molar-refractivity contribution in [1.29, 1.82) is 0 Å².